The van der Waals surface area contributed by atoms with E-state index >= 15 is 0 Å². The number of anilines is 1. The van der Waals surface area contributed by atoms with Crippen molar-refractivity contribution in [3.05, 3.63) is 48.5 Å². The van der Waals surface area contributed by atoms with Crippen LogP contribution in [0.5, 0.6) is 5.75 Å². The Bertz CT molecular complexity index is 839. The Labute approximate surface area is 148 Å². The molecule has 0 saturated heterocycles. The first kappa shape index (κ1) is 19.2. The first-order valence-corrected chi connectivity index (χ1v) is 9.79. The zero-order valence-electron chi connectivity index (χ0n) is 13.1. The number of carbonyl (C=O) groups is 1. The standard InChI is InChI=1S/C16H15F2NO4S2/c1-25(21,22)12-8-6-11(7-9-12)23-10-15(20)19-13-4-2-3-5-14(13)24-16(17)18/h2-9,16H,10H2,1H3,(H,19,20). The molecule has 134 valence electrons. The van der Waals surface area contributed by atoms with Crippen LogP contribution in [0.3, 0.4) is 0 Å². The van der Waals surface area contributed by atoms with E-state index in [2.05, 4.69) is 5.32 Å². The highest BCUT2D eigenvalue weighted by Gasteiger charge is 2.12. The maximum Gasteiger partial charge on any atom is 0.288 e. The number of benzene rings is 2. The Morgan fingerprint density at radius 2 is 1.80 bits per heavy atom. The number of alkyl halides is 2. The fourth-order valence-electron chi connectivity index (χ4n) is 1.89. The van der Waals surface area contributed by atoms with Gasteiger partial charge in [0.15, 0.2) is 16.4 Å². The molecule has 0 fully saturated rings. The van der Waals surface area contributed by atoms with E-state index in [9.17, 15) is 22.0 Å². The monoisotopic (exact) mass is 387 g/mol. The largest absolute Gasteiger partial charge is 0.484 e. The van der Waals surface area contributed by atoms with Gasteiger partial charge in [0.05, 0.1) is 10.6 Å². The van der Waals surface area contributed by atoms with E-state index in [1.165, 1.54) is 36.4 Å². The number of hydrogen-bond donors (Lipinski definition) is 1. The summed E-state index contributed by atoms with van der Waals surface area (Å²) in [4.78, 5) is 12.3. The molecule has 9 heteroatoms. The van der Waals surface area contributed by atoms with Crippen LogP contribution < -0.4 is 10.1 Å². The molecule has 0 saturated carbocycles. The number of halogens is 2. The predicted molar refractivity (Wildman–Crippen MR) is 92.0 cm³/mol. The molecule has 0 spiro atoms. The Morgan fingerprint density at radius 3 is 2.40 bits per heavy atom. The van der Waals surface area contributed by atoms with Gasteiger partial charge < -0.3 is 10.1 Å². The van der Waals surface area contributed by atoms with Crippen LogP contribution >= 0.6 is 11.8 Å². The van der Waals surface area contributed by atoms with Crippen molar-refractivity contribution in [2.75, 3.05) is 18.2 Å². The van der Waals surface area contributed by atoms with Gasteiger partial charge in [0.2, 0.25) is 0 Å². The van der Waals surface area contributed by atoms with Gasteiger partial charge in [0, 0.05) is 11.2 Å². The molecule has 5 nitrogen and oxygen atoms in total. The highest BCUT2D eigenvalue weighted by atomic mass is 32.2. The summed E-state index contributed by atoms with van der Waals surface area (Å²) >= 11 is 0.340. The van der Waals surface area contributed by atoms with Gasteiger partial charge in [0.25, 0.3) is 11.7 Å². The summed E-state index contributed by atoms with van der Waals surface area (Å²) in [5.74, 6) is -2.80. The lowest BCUT2D eigenvalue weighted by Crippen LogP contribution is -2.20. The third kappa shape index (κ3) is 6.02. The summed E-state index contributed by atoms with van der Waals surface area (Å²) in [5.41, 5.74) is 0.272. The molecule has 0 aliphatic carbocycles. The average Bonchev–Trinajstić information content (AvgIpc) is 2.54. The van der Waals surface area contributed by atoms with E-state index < -0.39 is 21.5 Å². The van der Waals surface area contributed by atoms with Gasteiger partial charge in [-0.2, -0.15) is 8.78 Å². The molecule has 0 radical (unpaired) electrons. The molecule has 0 aliphatic heterocycles. The number of amides is 1. The number of carbonyl (C=O) groups excluding carboxylic acids is 1. The summed E-state index contributed by atoms with van der Waals surface area (Å²) in [5, 5.41) is 2.51. The maximum atomic E-state index is 12.5. The number of nitrogens with one attached hydrogen (secondary N) is 1. The number of sulfone groups is 1. The van der Waals surface area contributed by atoms with Crippen molar-refractivity contribution < 1.29 is 26.7 Å². The van der Waals surface area contributed by atoms with Gasteiger partial charge in [-0.1, -0.05) is 23.9 Å². The van der Waals surface area contributed by atoms with Gasteiger partial charge in [0.1, 0.15) is 5.75 Å². The summed E-state index contributed by atoms with van der Waals surface area (Å²) in [7, 11) is -3.30. The van der Waals surface area contributed by atoms with Crippen molar-refractivity contribution in [2.45, 2.75) is 15.5 Å². The van der Waals surface area contributed by atoms with Gasteiger partial charge >= 0.3 is 0 Å². The normalized spacial score (nSPS) is 11.4. The topological polar surface area (TPSA) is 72.5 Å². The highest BCUT2D eigenvalue weighted by molar-refractivity contribution is 7.99. The molecule has 0 atom stereocenters. The molecular weight excluding hydrogens is 372 g/mol. The van der Waals surface area contributed by atoms with Crippen LogP contribution in [0.1, 0.15) is 0 Å². The third-order valence-electron chi connectivity index (χ3n) is 3.00. The van der Waals surface area contributed by atoms with E-state index in [-0.39, 0.29) is 22.1 Å². The minimum Gasteiger partial charge on any atom is -0.484 e. The van der Waals surface area contributed by atoms with Crippen molar-refractivity contribution in [1.82, 2.24) is 0 Å². The van der Waals surface area contributed by atoms with Crippen LogP contribution in [0.25, 0.3) is 0 Å². The number of para-hydroxylation sites is 1. The Balaban J connectivity index is 1.95. The second kappa shape index (κ2) is 8.30. The fraction of sp³-hybridized carbons (Fsp3) is 0.188. The Hall–Kier alpha value is -2.13. The molecule has 0 heterocycles. The lowest BCUT2D eigenvalue weighted by Gasteiger charge is -2.11. The van der Waals surface area contributed by atoms with E-state index in [4.69, 9.17) is 4.74 Å². The molecule has 0 aromatic heterocycles. The minimum absolute atomic E-state index is 0.141. The van der Waals surface area contributed by atoms with Crippen LogP contribution in [0.15, 0.2) is 58.3 Å². The molecule has 2 aromatic carbocycles. The van der Waals surface area contributed by atoms with Crippen LogP contribution in [0.4, 0.5) is 14.5 Å². The zero-order valence-corrected chi connectivity index (χ0v) is 14.7. The molecule has 2 aromatic rings. The fourth-order valence-corrected chi connectivity index (χ4v) is 3.11. The van der Waals surface area contributed by atoms with E-state index in [0.717, 1.165) is 6.26 Å². The maximum absolute atomic E-state index is 12.5. The molecule has 0 bridgehead atoms. The van der Waals surface area contributed by atoms with Crippen molar-refractivity contribution in [1.29, 1.82) is 0 Å². The van der Waals surface area contributed by atoms with Crippen molar-refractivity contribution >= 4 is 33.2 Å². The third-order valence-corrected chi connectivity index (χ3v) is 4.92. The second-order valence-electron chi connectivity index (χ2n) is 4.96. The van der Waals surface area contributed by atoms with Crippen LogP contribution in [0.2, 0.25) is 0 Å². The summed E-state index contributed by atoms with van der Waals surface area (Å²) in [6.45, 7) is -0.341. The van der Waals surface area contributed by atoms with Crippen molar-refractivity contribution in [2.24, 2.45) is 0 Å². The average molecular weight is 387 g/mol. The van der Waals surface area contributed by atoms with Gasteiger partial charge in [-0.3, -0.25) is 4.79 Å². The molecule has 25 heavy (non-hydrogen) atoms. The van der Waals surface area contributed by atoms with E-state index in [0.29, 0.717) is 17.5 Å². The minimum atomic E-state index is -3.30. The first-order chi connectivity index (χ1) is 11.8. The Morgan fingerprint density at radius 1 is 1.16 bits per heavy atom. The zero-order chi connectivity index (χ0) is 18.4. The molecule has 1 N–H and O–H groups in total. The van der Waals surface area contributed by atoms with Gasteiger partial charge in [-0.05, 0) is 36.4 Å². The van der Waals surface area contributed by atoms with Gasteiger partial charge in [-0.15, -0.1) is 0 Å². The van der Waals surface area contributed by atoms with Gasteiger partial charge in [-0.25, -0.2) is 8.42 Å². The number of ether oxygens (including phenoxy) is 1. The molecular formula is C16H15F2NO4S2. The lowest BCUT2D eigenvalue weighted by molar-refractivity contribution is -0.118. The summed E-state index contributed by atoms with van der Waals surface area (Å²) in [6.07, 6.45) is 1.09. The van der Waals surface area contributed by atoms with Crippen LogP contribution in [-0.2, 0) is 14.6 Å². The molecule has 2 rings (SSSR count). The van der Waals surface area contributed by atoms with E-state index in [1.54, 1.807) is 12.1 Å². The number of hydrogen-bond acceptors (Lipinski definition) is 5. The lowest BCUT2D eigenvalue weighted by atomic mass is 10.3. The van der Waals surface area contributed by atoms with Crippen LogP contribution in [-0.4, -0.2) is 32.9 Å². The Kier molecular flexibility index (Phi) is 6.38. The predicted octanol–water partition coefficient (Wildman–Crippen LogP) is 3.42. The quantitative estimate of drug-likeness (QED) is 0.737. The van der Waals surface area contributed by atoms with Crippen molar-refractivity contribution in [3.63, 3.8) is 0 Å². The van der Waals surface area contributed by atoms with Crippen LogP contribution in [0, 0.1) is 0 Å². The molecule has 0 aliphatic rings. The first-order valence-electron chi connectivity index (χ1n) is 7.02. The second-order valence-corrected chi connectivity index (χ2v) is 8.00. The molecule has 1 amide bonds. The summed E-state index contributed by atoms with van der Waals surface area (Å²) < 4.78 is 53.0. The molecule has 0 unspecified atom stereocenters. The highest BCUT2D eigenvalue weighted by Crippen LogP contribution is 2.31. The SMILES string of the molecule is CS(=O)(=O)c1ccc(OCC(=O)Nc2ccccc2SC(F)F)cc1. The van der Waals surface area contributed by atoms with Crippen molar-refractivity contribution in [3.8, 4) is 5.75 Å². The van der Waals surface area contributed by atoms with E-state index in [1.807, 2.05) is 0 Å². The smallest absolute Gasteiger partial charge is 0.288 e. The summed E-state index contributed by atoms with van der Waals surface area (Å²) in [6, 6.07) is 11.8. The number of thioether (sulfide) groups is 1. The number of rotatable bonds is 7.